The molecule has 0 spiro atoms. The molecule has 0 aliphatic heterocycles. The monoisotopic (exact) mass is 358 g/mol. The molecular weight excluding hydrogens is 336 g/mol. The highest BCUT2D eigenvalue weighted by Gasteiger charge is 2.14. The van der Waals surface area contributed by atoms with Gasteiger partial charge in [0, 0.05) is 13.1 Å². The predicted octanol–water partition coefficient (Wildman–Crippen LogP) is 2.64. The van der Waals surface area contributed by atoms with Crippen LogP contribution in [0.1, 0.15) is 22.3 Å². The molecule has 0 saturated carbocycles. The summed E-state index contributed by atoms with van der Waals surface area (Å²) in [4.78, 5) is 0. The Hall–Kier alpha value is -2.18. The van der Waals surface area contributed by atoms with E-state index in [-0.39, 0.29) is 0 Å². The molecule has 0 unspecified atom stereocenters. The van der Waals surface area contributed by atoms with Crippen LogP contribution in [-0.2, 0) is 13.1 Å². The molecule has 0 aliphatic rings. The van der Waals surface area contributed by atoms with Crippen LogP contribution in [0.2, 0.25) is 0 Å². The molecular formula is C18H22N4S2. The maximum atomic E-state index is 5.59. The quantitative estimate of drug-likeness (QED) is 0.616. The molecule has 0 fully saturated rings. The molecule has 4 nitrogen and oxygen atoms in total. The smallest absolute Gasteiger partial charge is 0.163 e. The summed E-state index contributed by atoms with van der Waals surface area (Å²) in [5, 5.41) is 6.67. The van der Waals surface area contributed by atoms with Crippen molar-refractivity contribution in [2.75, 3.05) is 0 Å². The van der Waals surface area contributed by atoms with E-state index < -0.39 is 0 Å². The van der Waals surface area contributed by atoms with Gasteiger partial charge in [-0.3, -0.25) is 0 Å². The van der Waals surface area contributed by atoms with Crippen molar-refractivity contribution in [3.63, 3.8) is 0 Å². The lowest BCUT2D eigenvalue weighted by Crippen LogP contribution is -2.29. The molecule has 2 aromatic carbocycles. The first-order chi connectivity index (χ1) is 11.4. The first-order valence-electron chi connectivity index (χ1n) is 7.64. The zero-order chi connectivity index (χ0) is 17.7. The Labute approximate surface area is 153 Å². The highest BCUT2D eigenvalue weighted by atomic mass is 32.1. The van der Waals surface area contributed by atoms with Crippen molar-refractivity contribution in [2.24, 2.45) is 11.5 Å². The molecule has 0 aromatic heterocycles. The fraction of sp³-hybridized carbons (Fsp3) is 0.222. The van der Waals surface area contributed by atoms with E-state index in [1.54, 1.807) is 0 Å². The number of benzene rings is 2. The van der Waals surface area contributed by atoms with Gasteiger partial charge in [0.2, 0.25) is 0 Å². The summed E-state index contributed by atoms with van der Waals surface area (Å²) >= 11 is 9.88. The summed E-state index contributed by atoms with van der Waals surface area (Å²) in [5.41, 5.74) is 18.3. The lowest BCUT2D eigenvalue weighted by atomic mass is 9.88. The molecule has 0 heterocycles. The minimum Gasteiger partial charge on any atom is -0.376 e. The average molecular weight is 359 g/mol. The Morgan fingerprint density at radius 2 is 1.17 bits per heavy atom. The Morgan fingerprint density at radius 1 is 0.792 bits per heavy atom. The van der Waals surface area contributed by atoms with E-state index in [0.717, 1.165) is 11.1 Å². The second-order valence-corrected chi connectivity index (χ2v) is 6.53. The summed E-state index contributed by atoms with van der Waals surface area (Å²) in [6, 6.07) is 12.5. The van der Waals surface area contributed by atoms with E-state index in [1.165, 1.54) is 22.3 Å². The third-order valence-corrected chi connectivity index (χ3v) is 4.16. The summed E-state index contributed by atoms with van der Waals surface area (Å²) in [6.45, 7) is 5.39. The lowest BCUT2D eigenvalue weighted by molar-refractivity contribution is 0.908. The molecule has 0 aliphatic carbocycles. The van der Waals surface area contributed by atoms with Gasteiger partial charge in [-0.2, -0.15) is 0 Å². The number of aryl methyl sites for hydroxylation is 2. The van der Waals surface area contributed by atoms with E-state index in [4.69, 9.17) is 35.9 Å². The summed E-state index contributed by atoms with van der Waals surface area (Å²) in [6.07, 6.45) is 0. The Bertz CT molecular complexity index is 706. The first-order valence-corrected chi connectivity index (χ1v) is 8.45. The molecule has 24 heavy (non-hydrogen) atoms. The number of nitrogens with one attached hydrogen (secondary N) is 2. The topological polar surface area (TPSA) is 76.1 Å². The van der Waals surface area contributed by atoms with Gasteiger partial charge >= 0.3 is 0 Å². The van der Waals surface area contributed by atoms with E-state index in [9.17, 15) is 0 Å². The standard InChI is InChI=1S/C18H22N4S2/c1-11-5-3-7-13(9-21-17(19)23)15(11)16-12(2)6-4-8-14(16)10-22-18(20)24/h3-8H,9-10H2,1-2H3,(H3,19,21,23)(H3,20,22,24). The Balaban J connectivity index is 2.54. The molecule has 0 bridgehead atoms. The number of thiocarbonyl (C=S) groups is 2. The van der Waals surface area contributed by atoms with Gasteiger partial charge in [0.05, 0.1) is 0 Å². The Kier molecular flexibility index (Phi) is 6.11. The minimum atomic E-state index is 0.294. The van der Waals surface area contributed by atoms with Crippen LogP contribution in [0.15, 0.2) is 36.4 Å². The summed E-state index contributed by atoms with van der Waals surface area (Å²) < 4.78 is 0. The zero-order valence-electron chi connectivity index (χ0n) is 13.8. The first kappa shape index (κ1) is 18.2. The fourth-order valence-corrected chi connectivity index (χ4v) is 2.98. The number of nitrogens with two attached hydrogens (primary N) is 2. The van der Waals surface area contributed by atoms with Gasteiger partial charge in [0.15, 0.2) is 10.2 Å². The van der Waals surface area contributed by atoms with E-state index in [0.29, 0.717) is 23.3 Å². The van der Waals surface area contributed by atoms with Crippen LogP contribution in [0.4, 0.5) is 0 Å². The molecule has 126 valence electrons. The zero-order valence-corrected chi connectivity index (χ0v) is 15.5. The SMILES string of the molecule is Cc1cccc(CNC(N)=S)c1-c1c(C)cccc1CNC(N)=S. The normalized spacial score (nSPS) is 10.2. The molecule has 2 aromatic rings. The molecule has 6 N–H and O–H groups in total. The van der Waals surface area contributed by atoms with E-state index >= 15 is 0 Å². The number of rotatable bonds is 5. The van der Waals surface area contributed by atoms with Crippen LogP contribution in [0.25, 0.3) is 11.1 Å². The van der Waals surface area contributed by atoms with Crippen LogP contribution >= 0.6 is 24.4 Å². The van der Waals surface area contributed by atoms with Crippen LogP contribution in [0, 0.1) is 13.8 Å². The third-order valence-electron chi connectivity index (χ3n) is 3.87. The van der Waals surface area contributed by atoms with Gasteiger partial charge in [-0.05, 0) is 71.7 Å². The molecule has 6 heteroatoms. The van der Waals surface area contributed by atoms with Gasteiger partial charge in [0.1, 0.15) is 0 Å². The van der Waals surface area contributed by atoms with Crippen molar-refractivity contribution in [3.8, 4) is 11.1 Å². The van der Waals surface area contributed by atoms with Gasteiger partial charge in [0.25, 0.3) is 0 Å². The van der Waals surface area contributed by atoms with Crippen LogP contribution in [0.3, 0.4) is 0 Å². The largest absolute Gasteiger partial charge is 0.376 e. The predicted molar refractivity (Wildman–Crippen MR) is 109 cm³/mol. The molecule has 0 saturated heterocycles. The van der Waals surface area contributed by atoms with E-state index in [1.807, 2.05) is 12.1 Å². The maximum Gasteiger partial charge on any atom is 0.163 e. The number of hydrogen-bond donors (Lipinski definition) is 4. The lowest BCUT2D eigenvalue weighted by Gasteiger charge is -2.19. The van der Waals surface area contributed by atoms with Gasteiger partial charge in [-0.25, -0.2) is 0 Å². The van der Waals surface area contributed by atoms with Crippen molar-refractivity contribution in [3.05, 3.63) is 58.7 Å². The minimum absolute atomic E-state index is 0.294. The highest BCUT2D eigenvalue weighted by molar-refractivity contribution is 7.80. The van der Waals surface area contributed by atoms with E-state index in [2.05, 4.69) is 48.7 Å². The second-order valence-electron chi connectivity index (χ2n) is 5.65. The highest BCUT2D eigenvalue weighted by Crippen LogP contribution is 2.33. The third kappa shape index (κ3) is 4.43. The summed E-state index contributed by atoms with van der Waals surface area (Å²) in [5.74, 6) is 0. The fourth-order valence-electron chi connectivity index (χ4n) is 2.83. The second kappa shape index (κ2) is 8.08. The molecule has 0 atom stereocenters. The summed E-state index contributed by atoms with van der Waals surface area (Å²) in [7, 11) is 0. The number of hydrogen-bond acceptors (Lipinski definition) is 2. The van der Waals surface area contributed by atoms with Gasteiger partial charge < -0.3 is 22.1 Å². The van der Waals surface area contributed by atoms with Crippen LogP contribution < -0.4 is 22.1 Å². The average Bonchev–Trinajstić information content (AvgIpc) is 2.51. The molecule has 0 radical (unpaired) electrons. The molecule has 0 amide bonds. The van der Waals surface area contributed by atoms with Gasteiger partial charge in [-0.1, -0.05) is 36.4 Å². The van der Waals surface area contributed by atoms with Crippen LogP contribution in [0.5, 0.6) is 0 Å². The van der Waals surface area contributed by atoms with Crippen molar-refractivity contribution in [2.45, 2.75) is 26.9 Å². The van der Waals surface area contributed by atoms with Crippen molar-refractivity contribution in [1.82, 2.24) is 10.6 Å². The van der Waals surface area contributed by atoms with Crippen molar-refractivity contribution in [1.29, 1.82) is 0 Å². The Morgan fingerprint density at radius 3 is 1.50 bits per heavy atom. The van der Waals surface area contributed by atoms with Gasteiger partial charge in [-0.15, -0.1) is 0 Å². The van der Waals surface area contributed by atoms with Crippen molar-refractivity contribution < 1.29 is 0 Å². The van der Waals surface area contributed by atoms with Crippen LogP contribution in [-0.4, -0.2) is 10.2 Å². The van der Waals surface area contributed by atoms with Crippen molar-refractivity contribution >= 4 is 34.7 Å². The maximum absolute atomic E-state index is 5.59. The molecule has 2 rings (SSSR count).